The van der Waals surface area contributed by atoms with Crippen LogP contribution in [0.15, 0.2) is 12.2 Å². The molecule has 0 saturated heterocycles. The summed E-state index contributed by atoms with van der Waals surface area (Å²) in [6, 6.07) is 0. The highest BCUT2D eigenvalue weighted by atomic mass is 32.2. The number of thioether (sulfide) groups is 1. The van der Waals surface area contributed by atoms with Crippen LogP contribution in [-0.2, 0) is 14.3 Å². The molecule has 0 aromatic rings. The molecule has 3 atom stereocenters. The Morgan fingerprint density at radius 1 is 1.56 bits per heavy atom. The highest BCUT2D eigenvalue weighted by Gasteiger charge is 2.34. The summed E-state index contributed by atoms with van der Waals surface area (Å²) in [6.45, 7) is 7.94. The van der Waals surface area contributed by atoms with Crippen LogP contribution in [0.3, 0.4) is 0 Å². The Kier molecular flexibility index (Phi) is 5.93. The average Bonchev–Trinajstić information content (AvgIpc) is 2.33. The van der Waals surface area contributed by atoms with Crippen molar-refractivity contribution < 1.29 is 14.3 Å². The molecule has 1 fully saturated rings. The van der Waals surface area contributed by atoms with Gasteiger partial charge < -0.3 is 4.74 Å². The predicted molar refractivity (Wildman–Crippen MR) is 74.6 cm³/mol. The summed E-state index contributed by atoms with van der Waals surface area (Å²) in [5.74, 6) is 1.25. The number of carbonyl (C=O) groups is 2. The van der Waals surface area contributed by atoms with Crippen LogP contribution in [0, 0.1) is 11.8 Å². The van der Waals surface area contributed by atoms with Gasteiger partial charge in [0.2, 0.25) is 0 Å². The zero-order valence-corrected chi connectivity index (χ0v) is 12.2. The van der Waals surface area contributed by atoms with E-state index in [-0.39, 0.29) is 11.9 Å². The first-order valence-electron chi connectivity index (χ1n) is 6.32. The molecule has 0 N–H and O–H groups in total. The van der Waals surface area contributed by atoms with Gasteiger partial charge in [-0.1, -0.05) is 19.1 Å². The lowest BCUT2D eigenvalue weighted by atomic mass is 9.79. The number of allylic oxidation sites excluding steroid dienone is 1. The molecule has 0 aromatic heterocycles. The van der Waals surface area contributed by atoms with Crippen LogP contribution in [0.5, 0.6) is 0 Å². The molecule has 0 radical (unpaired) electrons. The van der Waals surface area contributed by atoms with Crippen molar-refractivity contribution in [3.63, 3.8) is 0 Å². The number of hydrogen-bond donors (Lipinski definition) is 0. The van der Waals surface area contributed by atoms with Crippen molar-refractivity contribution in [2.75, 3.05) is 12.9 Å². The molecular weight excluding hydrogens is 248 g/mol. The van der Waals surface area contributed by atoms with Gasteiger partial charge in [-0.2, -0.15) is 11.8 Å². The molecule has 0 amide bonds. The maximum Gasteiger partial charge on any atom is 0.306 e. The topological polar surface area (TPSA) is 43.4 Å². The van der Waals surface area contributed by atoms with Gasteiger partial charge in [-0.25, -0.2) is 0 Å². The van der Waals surface area contributed by atoms with Crippen molar-refractivity contribution in [3.05, 3.63) is 12.2 Å². The number of methoxy groups -OCH3 is 1. The van der Waals surface area contributed by atoms with Gasteiger partial charge in [-0.3, -0.25) is 9.59 Å². The van der Waals surface area contributed by atoms with Crippen LogP contribution >= 0.6 is 11.8 Å². The maximum absolute atomic E-state index is 11.9. The number of esters is 1. The van der Waals surface area contributed by atoms with Gasteiger partial charge in [-0.15, -0.1) is 0 Å². The normalized spacial score (nSPS) is 27.9. The molecule has 3 nitrogen and oxygen atoms in total. The third kappa shape index (κ3) is 4.16. The molecule has 1 aliphatic carbocycles. The van der Waals surface area contributed by atoms with E-state index in [1.165, 1.54) is 7.11 Å². The first-order valence-corrected chi connectivity index (χ1v) is 7.37. The molecule has 0 aliphatic heterocycles. The lowest BCUT2D eigenvalue weighted by Gasteiger charge is -2.33. The van der Waals surface area contributed by atoms with E-state index in [2.05, 4.69) is 11.3 Å². The van der Waals surface area contributed by atoms with Gasteiger partial charge in [0.05, 0.1) is 13.5 Å². The molecule has 18 heavy (non-hydrogen) atoms. The second kappa shape index (κ2) is 6.98. The zero-order valence-electron chi connectivity index (χ0n) is 11.4. The fourth-order valence-electron chi connectivity index (χ4n) is 2.19. The molecule has 2 unspecified atom stereocenters. The predicted octanol–water partition coefficient (Wildman–Crippen LogP) is 2.84. The molecular formula is C14H22O3S. The van der Waals surface area contributed by atoms with E-state index in [1.54, 1.807) is 11.8 Å². The fourth-order valence-corrected chi connectivity index (χ4v) is 3.58. The van der Waals surface area contributed by atoms with E-state index in [1.807, 2.05) is 13.8 Å². The summed E-state index contributed by atoms with van der Waals surface area (Å²) in [5, 5.41) is 0.303. The number of rotatable bonds is 5. The lowest BCUT2D eigenvalue weighted by molar-refractivity contribution is -0.140. The van der Waals surface area contributed by atoms with Crippen LogP contribution in [0.2, 0.25) is 0 Å². The molecule has 1 rings (SSSR count). The summed E-state index contributed by atoms with van der Waals surface area (Å²) in [7, 11) is 1.40. The third-order valence-corrected chi connectivity index (χ3v) is 5.06. The number of Topliss-reactive ketones (excluding diaryl/α,β-unsaturated/α-hetero) is 1. The van der Waals surface area contributed by atoms with Gasteiger partial charge in [0.25, 0.3) is 0 Å². The summed E-state index contributed by atoms with van der Waals surface area (Å²) >= 11 is 1.71. The second-order valence-electron chi connectivity index (χ2n) is 4.97. The van der Waals surface area contributed by atoms with E-state index in [4.69, 9.17) is 0 Å². The molecule has 1 saturated carbocycles. The van der Waals surface area contributed by atoms with Crippen molar-refractivity contribution in [2.45, 2.75) is 38.4 Å². The van der Waals surface area contributed by atoms with Crippen molar-refractivity contribution in [3.8, 4) is 0 Å². The molecule has 0 spiro atoms. The first kappa shape index (κ1) is 15.3. The minimum atomic E-state index is -0.186. The van der Waals surface area contributed by atoms with Crippen LogP contribution < -0.4 is 0 Å². The zero-order chi connectivity index (χ0) is 13.7. The molecule has 0 bridgehead atoms. The molecule has 102 valence electrons. The molecule has 0 aromatic carbocycles. The highest BCUT2D eigenvalue weighted by Crippen LogP contribution is 2.37. The summed E-state index contributed by atoms with van der Waals surface area (Å²) in [5.41, 5.74) is 1.09. The Labute approximate surface area is 113 Å². The van der Waals surface area contributed by atoms with E-state index in [0.717, 1.165) is 17.7 Å². The first-order chi connectivity index (χ1) is 8.45. The van der Waals surface area contributed by atoms with Crippen LogP contribution in [-0.4, -0.2) is 29.9 Å². The van der Waals surface area contributed by atoms with Crippen LogP contribution in [0.4, 0.5) is 0 Å². The van der Waals surface area contributed by atoms with Crippen molar-refractivity contribution >= 4 is 23.5 Å². The van der Waals surface area contributed by atoms with Gasteiger partial charge >= 0.3 is 5.97 Å². The molecule has 4 heteroatoms. The smallest absolute Gasteiger partial charge is 0.306 e. The maximum atomic E-state index is 11.9. The van der Waals surface area contributed by atoms with E-state index in [9.17, 15) is 9.59 Å². The summed E-state index contributed by atoms with van der Waals surface area (Å²) in [4.78, 5) is 23.0. The Balaban J connectivity index is 2.49. The molecule has 0 heterocycles. The second-order valence-corrected chi connectivity index (χ2v) is 6.32. The standard InChI is InChI=1S/C14H22O3S/c1-9(2)11-7-12(15)10(3)13(8-11)18-6-5-14(16)17-4/h10-11,13H,1,5-8H2,2-4H3/t10?,11-,13?/m1/s1. The average molecular weight is 270 g/mol. The van der Waals surface area contributed by atoms with Gasteiger partial charge in [0, 0.05) is 23.3 Å². The summed E-state index contributed by atoms with van der Waals surface area (Å²) < 4.78 is 4.61. The van der Waals surface area contributed by atoms with Gasteiger partial charge in [0.1, 0.15) is 5.78 Å². The van der Waals surface area contributed by atoms with E-state index in [0.29, 0.717) is 29.8 Å². The fraction of sp³-hybridized carbons (Fsp3) is 0.714. The SMILES string of the molecule is C=C(C)[C@@H]1CC(=O)C(C)C(SCCC(=O)OC)C1. The van der Waals surface area contributed by atoms with Crippen LogP contribution in [0.25, 0.3) is 0 Å². The lowest BCUT2D eigenvalue weighted by Crippen LogP contribution is -2.33. The number of hydrogen-bond acceptors (Lipinski definition) is 4. The third-order valence-electron chi connectivity index (χ3n) is 3.59. The Hall–Kier alpha value is -0.770. The van der Waals surface area contributed by atoms with Gasteiger partial charge in [-0.05, 0) is 19.3 Å². The Bertz CT molecular complexity index is 338. The quantitative estimate of drug-likeness (QED) is 0.569. The van der Waals surface area contributed by atoms with Crippen molar-refractivity contribution in [2.24, 2.45) is 11.8 Å². The largest absolute Gasteiger partial charge is 0.469 e. The van der Waals surface area contributed by atoms with E-state index < -0.39 is 0 Å². The van der Waals surface area contributed by atoms with Crippen molar-refractivity contribution in [1.82, 2.24) is 0 Å². The Morgan fingerprint density at radius 3 is 2.78 bits per heavy atom. The van der Waals surface area contributed by atoms with Crippen molar-refractivity contribution in [1.29, 1.82) is 0 Å². The highest BCUT2D eigenvalue weighted by molar-refractivity contribution is 7.99. The summed E-state index contributed by atoms with van der Waals surface area (Å²) in [6.07, 6.45) is 2.04. The monoisotopic (exact) mass is 270 g/mol. The van der Waals surface area contributed by atoms with Crippen LogP contribution in [0.1, 0.15) is 33.1 Å². The van der Waals surface area contributed by atoms with Gasteiger partial charge in [0.15, 0.2) is 0 Å². The minimum Gasteiger partial charge on any atom is -0.469 e. The number of ether oxygens (including phenoxy) is 1. The molecule has 1 aliphatic rings. The Morgan fingerprint density at radius 2 is 2.22 bits per heavy atom. The number of carbonyl (C=O) groups excluding carboxylic acids is 2. The minimum absolute atomic E-state index is 0.0863. The van der Waals surface area contributed by atoms with E-state index >= 15 is 0 Å². The number of ketones is 1.